The summed E-state index contributed by atoms with van der Waals surface area (Å²) in [7, 11) is 0. The highest BCUT2D eigenvalue weighted by molar-refractivity contribution is 7.14. The number of anilines is 1. The van der Waals surface area contributed by atoms with Crippen LogP contribution in [0.1, 0.15) is 16.4 Å². The van der Waals surface area contributed by atoms with E-state index >= 15 is 0 Å². The Morgan fingerprint density at radius 1 is 1.15 bits per heavy atom. The van der Waals surface area contributed by atoms with E-state index in [1.54, 1.807) is 17.4 Å². The van der Waals surface area contributed by atoms with Gasteiger partial charge in [0, 0.05) is 39.0 Å². The highest BCUT2D eigenvalue weighted by Crippen LogP contribution is 2.33. The van der Waals surface area contributed by atoms with Gasteiger partial charge in [0.25, 0.3) is 0 Å². The maximum atomic E-state index is 12.1. The van der Waals surface area contributed by atoms with Gasteiger partial charge in [-0.15, -0.1) is 22.7 Å². The summed E-state index contributed by atoms with van der Waals surface area (Å²) in [5.41, 5.74) is 4.87. The molecule has 1 aromatic carbocycles. The molecule has 4 rings (SSSR count). The lowest BCUT2D eigenvalue weighted by Gasteiger charge is -1.97. The molecule has 3 heterocycles. The number of thiazole rings is 2. The van der Waals surface area contributed by atoms with E-state index in [1.807, 2.05) is 42.8 Å². The number of nitrogens with one attached hydrogen (secondary N) is 2. The molecule has 5 nitrogen and oxygen atoms in total. The van der Waals surface area contributed by atoms with Crippen molar-refractivity contribution >= 4 is 50.7 Å². The Morgan fingerprint density at radius 3 is 2.81 bits per heavy atom. The second-order valence-corrected chi connectivity index (χ2v) is 7.74. The number of nitrogens with zero attached hydrogens (tertiary/aromatic N) is 2. The third-order valence-corrected chi connectivity index (χ3v) is 5.48. The molecular formula is C19H16N4OS2. The average molecular weight is 380 g/mol. The fourth-order valence-electron chi connectivity index (χ4n) is 2.82. The van der Waals surface area contributed by atoms with E-state index in [1.165, 1.54) is 17.4 Å². The molecule has 2 N–H and O–H groups in total. The van der Waals surface area contributed by atoms with E-state index in [0.717, 1.165) is 38.6 Å². The summed E-state index contributed by atoms with van der Waals surface area (Å²) < 4.78 is 0. The van der Waals surface area contributed by atoms with E-state index in [9.17, 15) is 4.79 Å². The van der Waals surface area contributed by atoms with Gasteiger partial charge in [-0.1, -0.05) is 18.2 Å². The molecular weight excluding hydrogens is 364 g/mol. The van der Waals surface area contributed by atoms with Gasteiger partial charge in [-0.2, -0.15) is 0 Å². The molecule has 130 valence electrons. The molecule has 0 radical (unpaired) electrons. The van der Waals surface area contributed by atoms with Crippen LogP contribution in [-0.2, 0) is 4.79 Å². The van der Waals surface area contributed by atoms with Gasteiger partial charge in [-0.25, -0.2) is 9.97 Å². The van der Waals surface area contributed by atoms with Crippen LogP contribution in [0.4, 0.5) is 5.13 Å². The van der Waals surface area contributed by atoms with Crippen molar-refractivity contribution in [3.05, 3.63) is 57.5 Å². The Kier molecular flexibility index (Phi) is 4.40. The first-order chi connectivity index (χ1) is 12.6. The minimum Gasteiger partial charge on any atom is -0.358 e. The zero-order valence-electron chi connectivity index (χ0n) is 14.2. The van der Waals surface area contributed by atoms with E-state index < -0.39 is 0 Å². The van der Waals surface area contributed by atoms with Crippen LogP contribution in [-0.4, -0.2) is 20.9 Å². The number of carbonyl (C=O) groups excluding carboxylic acids is 1. The third-order valence-electron chi connectivity index (χ3n) is 3.93. The molecule has 0 saturated carbocycles. The zero-order valence-corrected chi connectivity index (χ0v) is 15.9. The van der Waals surface area contributed by atoms with Gasteiger partial charge >= 0.3 is 0 Å². The molecule has 0 aliphatic rings. The number of aromatic nitrogens is 3. The van der Waals surface area contributed by atoms with Gasteiger partial charge in [0.15, 0.2) is 5.13 Å². The number of hydrogen-bond acceptors (Lipinski definition) is 5. The fourth-order valence-corrected chi connectivity index (χ4v) is 4.10. The van der Waals surface area contributed by atoms with Crippen molar-refractivity contribution in [2.45, 2.75) is 13.8 Å². The van der Waals surface area contributed by atoms with Crippen LogP contribution in [0.2, 0.25) is 0 Å². The fraction of sp³-hybridized carbons (Fsp3) is 0.105. The standard InChI is InChI=1S/C19H16N4OS2/c1-11-18(14-5-3-4-6-15(14)20-11)16-10-26-19(22-16)23-17(24)8-7-13-9-25-12(2)21-13/h3-10,20H,1-2H3,(H,22,23,24)/b8-7+. The van der Waals surface area contributed by atoms with Gasteiger partial charge in [0.05, 0.1) is 16.4 Å². The predicted octanol–water partition coefficient (Wildman–Crippen LogP) is 5.02. The third kappa shape index (κ3) is 3.31. The van der Waals surface area contributed by atoms with Gasteiger partial charge in [0.2, 0.25) is 5.91 Å². The monoisotopic (exact) mass is 380 g/mol. The summed E-state index contributed by atoms with van der Waals surface area (Å²) in [6.45, 7) is 3.97. The van der Waals surface area contributed by atoms with Crippen molar-refractivity contribution in [1.82, 2.24) is 15.0 Å². The molecule has 4 aromatic rings. The van der Waals surface area contributed by atoms with E-state index in [-0.39, 0.29) is 5.91 Å². The summed E-state index contributed by atoms with van der Waals surface area (Å²) in [5.74, 6) is -0.216. The first kappa shape index (κ1) is 16.7. The lowest BCUT2D eigenvalue weighted by molar-refractivity contribution is -0.111. The van der Waals surface area contributed by atoms with Crippen molar-refractivity contribution in [2.75, 3.05) is 5.32 Å². The largest absolute Gasteiger partial charge is 0.358 e. The summed E-state index contributed by atoms with van der Waals surface area (Å²) in [6.07, 6.45) is 3.18. The normalized spacial score (nSPS) is 11.5. The molecule has 0 unspecified atom stereocenters. The van der Waals surface area contributed by atoms with Crippen molar-refractivity contribution in [1.29, 1.82) is 0 Å². The van der Waals surface area contributed by atoms with E-state index in [2.05, 4.69) is 26.3 Å². The number of amides is 1. The van der Waals surface area contributed by atoms with Crippen LogP contribution >= 0.6 is 22.7 Å². The SMILES string of the molecule is Cc1nc(/C=C/C(=O)Nc2nc(-c3c(C)[nH]c4ccccc34)cs2)cs1. The van der Waals surface area contributed by atoms with Crippen LogP contribution in [0.15, 0.2) is 41.1 Å². The Labute approximate surface area is 158 Å². The van der Waals surface area contributed by atoms with Crippen LogP contribution in [0.3, 0.4) is 0 Å². The molecule has 0 aliphatic heterocycles. The van der Waals surface area contributed by atoms with E-state index in [0.29, 0.717) is 5.13 Å². The molecule has 0 fully saturated rings. The highest BCUT2D eigenvalue weighted by atomic mass is 32.1. The lowest BCUT2D eigenvalue weighted by atomic mass is 10.1. The summed E-state index contributed by atoms with van der Waals surface area (Å²) >= 11 is 2.97. The van der Waals surface area contributed by atoms with Crippen LogP contribution in [0, 0.1) is 13.8 Å². The number of aromatic amines is 1. The quantitative estimate of drug-likeness (QED) is 0.489. The predicted molar refractivity (Wildman–Crippen MR) is 109 cm³/mol. The first-order valence-electron chi connectivity index (χ1n) is 8.04. The number of para-hydroxylation sites is 1. The van der Waals surface area contributed by atoms with E-state index in [4.69, 9.17) is 0 Å². The Balaban J connectivity index is 1.53. The smallest absolute Gasteiger partial charge is 0.250 e. The number of fused-ring (bicyclic) bond motifs is 1. The maximum Gasteiger partial charge on any atom is 0.250 e. The minimum absolute atomic E-state index is 0.216. The highest BCUT2D eigenvalue weighted by Gasteiger charge is 2.14. The van der Waals surface area contributed by atoms with Gasteiger partial charge in [-0.3, -0.25) is 10.1 Å². The van der Waals surface area contributed by atoms with Gasteiger partial charge in [0.1, 0.15) is 0 Å². The summed E-state index contributed by atoms with van der Waals surface area (Å²) in [5, 5.41) is 9.38. The number of benzene rings is 1. The molecule has 0 spiro atoms. The van der Waals surface area contributed by atoms with Gasteiger partial charge in [-0.05, 0) is 26.0 Å². The van der Waals surface area contributed by atoms with Crippen molar-refractivity contribution < 1.29 is 4.79 Å². The summed E-state index contributed by atoms with van der Waals surface area (Å²) in [6, 6.07) is 8.14. The number of H-pyrrole nitrogens is 1. The molecule has 7 heteroatoms. The first-order valence-corrected chi connectivity index (χ1v) is 9.80. The average Bonchev–Trinajstić information content (AvgIpc) is 3.31. The second kappa shape index (κ2) is 6.86. The number of aryl methyl sites for hydroxylation is 2. The van der Waals surface area contributed by atoms with Crippen LogP contribution < -0.4 is 5.32 Å². The molecule has 26 heavy (non-hydrogen) atoms. The number of rotatable bonds is 4. The topological polar surface area (TPSA) is 70.7 Å². The van der Waals surface area contributed by atoms with Crippen LogP contribution in [0.5, 0.6) is 0 Å². The zero-order chi connectivity index (χ0) is 18.1. The minimum atomic E-state index is -0.216. The second-order valence-electron chi connectivity index (χ2n) is 5.82. The molecule has 1 amide bonds. The van der Waals surface area contributed by atoms with Gasteiger partial charge < -0.3 is 4.98 Å². The Hall–Kier alpha value is -2.77. The Bertz CT molecular complexity index is 1120. The van der Waals surface area contributed by atoms with Crippen molar-refractivity contribution in [3.63, 3.8) is 0 Å². The van der Waals surface area contributed by atoms with Crippen molar-refractivity contribution in [3.8, 4) is 11.3 Å². The molecule has 0 aliphatic carbocycles. The van der Waals surface area contributed by atoms with Crippen LogP contribution in [0.25, 0.3) is 28.2 Å². The molecule has 0 atom stereocenters. The summed E-state index contributed by atoms with van der Waals surface area (Å²) in [4.78, 5) is 24.4. The molecule has 0 saturated heterocycles. The Morgan fingerprint density at radius 2 is 2.00 bits per heavy atom. The lowest BCUT2D eigenvalue weighted by Crippen LogP contribution is -2.07. The molecule has 0 bridgehead atoms. The van der Waals surface area contributed by atoms with Crippen molar-refractivity contribution in [2.24, 2.45) is 0 Å². The number of carbonyl (C=O) groups is 1. The number of hydrogen-bond donors (Lipinski definition) is 2. The molecule has 3 aromatic heterocycles. The maximum absolute atomic E-state index is 12.1.